The fourth-order valence-electron chi connectivity index (χ4n) is 2.95. The molecule has 1 aromatic heterocycles. The molecule has 0 radical (unpaired) electrons. The van der Waals surface area contributed by atoms with E-state index in [-0.39, 0.29) is 17.7 Å². The van der Waals surface area contributed by atoms with Gasteiger partial charge in [-0.05, 0) is 24.6 Å². The van der Waals surface area contributed by atoms with E-state index in [1.807, 2.05) is 30.3 Å². The minimum absolute atomic E-state index is 0.267. The van der Waals surface area contributed by atoms with Gasteiger partial charge in [0.1, 0.15) is 5.82 Å². The maximum Gasteiger partial charge on any atom is 0.319 e. The number of hydrogen-bond acceptors (Lipinski definition) is 4. The molecule has 2 N–H and O–H groups in total. The van der Waals surface area contributed by atoms with Crippen LogP contribution in [0, 0.1) is 5.82 Å². The van der Waals surface area contributed by atoms with Crippen LogP contribution in [-0.4, -0.2) is 16.2 Å². The van der Waals surface area contributed by atoms with E-state index in [9.17, 15) is 9.18 Å². The molecule has 1 atom stereocenters. The number of halogens is 1. The van der Waals surface area contributed by atoms with E-state index < -0.39 is 6.04 Å². The number of carbonyl (C=O) groups excluding carboxylic acids is 1. The maximum absolute atomic E-state index is 13.7. The molecule has 4 rings (SSSR count). The van der Waals surface area contributed by atoms with Crippen LogP contribution >= 0.6 is 0 Å². The highest BCUT2D eigenvalue weighted by molar-refractivity contribution is 5.86. The molecule has 1 aliphatic heterocycles. The van der Waals surface area contributed by atoms with Gasteiger partial charge in [0.2, 0.25) is 5.82 Å². The molecule has 6 nitrogen and oxygen atoms in total. The molecule has 2 heterocycles. The van der Waals surface area contributed by atoms with Gasteiger partial charge in [-0.15, -0.1) is 0 Å². The van der Waals surface area contributed by atoms with Crippen molar-refractivity contribution >= 4 is 11.6 Å². The summed E-state index contributed by atoms with van der Waals surface area (Å²) < 4.78 is 19.1. The molecule has 130 valence electrons. The summed E-state index contributed by atoms with van der Waals surface area (Å²) in [6, 6.07) is 14.5. The number of rotatable bonds is 3. The molecule has 0 saturated heterocycles. The molecule has 0 fully saturated rings. The van der Waals surface area contributed by atoms with Crippen LogP contribution in [0.5, 0.6) is 0 Å². The first-order chi connectivity index (χ1) is 12.6. The molecule has 0 spiro atoms. The lowest BCUT2D eigenvalue weighted by Gasteiger charge is -2.27. The Morgan fingerprint density at radius 3 is 2.69 bits per heavy atom. The van der Waals surface area contributed by atoms with Crippen molar-refractivity contribution in [3.8, 4) is 11.4 Å². The molecule has 26 heavy (non-hydrogen) atoms. The summed E-state index contributed by atoms with van der Waals surface area (Å²) in [6.07, 6.45) is 0. The van der Waals surface area contributed by atoms with Gasteiger partial charge in [-0.1, -0.05) is 47.6 Å². The van der Waals surface area contributed by atoms with Crippen LogP contribution in [-0.2, 0) is 0 Å². The third kappa shape index (κ3) is 2.95. The second kappa shape index (κ2) is 6.44. The number of hydrogen-bond donors (Lipinski definition) is 2. The summed E-state index contributed by atoms with van der Waals surface area (Å²) in [6.45, 7) is 1.74. The van der Waals surface area contributed by atoms with Gasteiger partial charge >= 0.3 is 6.03 Å². The zero-order valence-corrected chi connectivity index (χ0v) is 13.9. The lowest BCUT2D eigenvalue weighted by Crippen LogP contribution is -2.43. The lowest BCUT2D eigenvalue weighted by molar-refractivity contribution is 0.240. The molecule has 1 aliphatic rings. The summed E-state index contributed by atoms with van der Waals surface area (Å²) in [4.78, 5) is 16.4. The van der Waals surface area contributed by atoms with Crippen molar-refractivity contribution in [1.82, 2.24) is 20.8 Å². The summed E-state index contributed by atoms with van der Waals surface area (Å²) in [5.41, 5.74) is 2.58. The standard InChI is InChI=1S/C19H15FN4O2/c1-11-15(18-23-17(24-26-18)12-6-3-2-4-7-12)16(22-19(25)21-11)13-8-5-9-14(20)10-13/h2-10,16H,1H3,(H2,21,22,25). The van der Waals surface area contributed by atoms with Crippen LogP contribution in [0.4, 0.5) is 9.18 Å². The number of urea groups is 1. The topological polar surface area (TPSA) is 80.1 Å². The average molecular weight is 350 g/mol. The van der Waals surface area contributed by atoms with Crippen molar-refractivity contribution in [2.45, 2.75) is 13.0 Å². The lowest BCUT2D eigenvalue weighted by atomic mass is 9.95. The Morgan fingerprint density at radius 1 is 1.12 bits per heavy atom. The predicted molar refractivity (Wildman–Crippen MR) is 93.1 cm³/mol. The van der Waals surface area contributed by atoms with E-state index in [0.717, 1.165) is 5.56 Å². The maximum atomic E-state index is 13.7. The highest BCUT2D eigenvalue weighted by atomic mass is 19.1. The van der Waals surface area contributed by atoms with Crippen molar-refractivity contribution in [3.05, 3.63) is 77.6 Å². The van der Waals surface area contributed by atoms with Crippen molar-refractivity contribution in [3.63, 3.8) is 0 Å². The SMILES string of the molecule is CC1=C(c2nc(-c3ccccc3)no2)C(c2cccc(F)c2)NC(=O)N1. The van der Waals surface area contributed by atoms with Crippen LogP contribution < -0.4 is 10.6 Å². The van der Waals surface area contributed by atoms with E-state index in [1.165, 1.54) is 12.1 Å². The highest BCUT2D eigenvalue weighted by Gasteiger charge is 2.31. The number of allylic oxidation sites excluding steroid dienone is 1. The Balaban J connectivity index is 1.78. The Kier molecular flexibility index (Phi) is 3.96. The summed E-state index contributed by atoms with van der Waals surface area (Å²) in [5, 5.41) is 9.51. The van der Waals surface area contributed by atoms with Crippen molar-refractivity contribution in [2.24, 2.45) is 0 Å². The van der Waals surface area contributed by atoms with Crippen molar-refractivity contribution in [1.29, 1.82) is 0 Å². The number of nitrogens with zero attached hydrogens (tertiary/aromatic N) is 2. The van der Waals surface area contributed by atoms with Gasteiger partial charge in [-0.2, -0.15) is 4.98 Å². The first-order valence-electron chi connectivity index (χ1n) is 8.05. The molecular weight excluding hydrogens is 335 g/mol. The third-order valence-electron chi connectivity index (χ3n) is 4.14. The van der Waals surface area contributed by atoms with Crippen LogP contribution in [0.1, 0.15) is 24.4 Å². The zero-order chi connectivity index (χ0) is 18.1. The first kappa shape index (κ1) is 16.0. The van der Waals surface area contributed by atoms with E-state index in [0.29, 0.717) is 22.7 Å². The van der Waals surface area contributed by atoms with Crippen LogP contribution in [0.15, 0.2) is 64.8 Å². The second-order valence-corrected chi connectivity index (χ2v) is 5.91. The molecule has 2 aromatic carbocycles. The minimum Gasteiger partial charge on any atom is -0.334 e. The first-order valence-corrected chi connectivity index (χ1v) is 8.05. The van der Waals surface area contributed by atoms with Gasteiger partial charge in [-0.3, -0.25) is 0 Å². The fourth-order valence-corrected chi connectivity index (χ4v) is 2.95. The summed E-state index contributed by atoms with van der Waals surface area (Å²) in [7, 11) is 0. The normalized spacial score (nSPS) is 17.0. The van der Waals surface area contributed by atoms with Crippen molar-refractivity contribution < 1.29 is 13.7 Å². The average Bonchev–Trinajstić information content (AvgIpc) is 3.11. The Hall–Kier alpha value is -3.48. The summed E-state index contributed by atoms with van der Waals surface area (Å²) in [5.74, 6) is 0.321. The number of carbonyl (C=O) groups is 1. The van der Waals surface area contributed by atoms with Crippen LogP contribution in [0.2, 0.25) is 0 Å². The minimum atomic E-state index is -0.594. The van der Waals surface area contributed by atoms with E-state index in [2.05, 4.69) is 20.8 Å². The van der Waals surface area contributed by atoms with Gasteiger partial charge in [0.05, 0.1) is 11.6 Å². The van der Waals surface area contributed by atoms with E-state index in [4.69, 9.17) is 4.52 Å². The smallest absolute Gasteiger partial charge is 0.319 e. The third-order valence-corrected chi connectivity index (χ3v) is 4.14. The molecule has 1 unspecified atom stereocenters. The molecule has 0 aliphatic carbocycles. The second-order valence-electron chi connectivity index (χ2n) is 5.91. The summed E-state index contributed by atoms with van der Waals surface area (Å²) >= 11 is 0. The molecule has 0 bridgehead atoms. The van der Waals surface area contributed by atoms with Gasteiger partial charge in [-0.25, -0.2) is 9.18 Å². The monoisotopic (exact) mass is 350 g/mol. The number of nitrogens with one attached hydrogen (secondary N) is 2. The van der Waals surface area contributed by atoms with E-state index >= 15 is 0 Å². The zero-order valence-electron chi connectivity index (χ0n) is 13.9. The van der Waals surface area contributed by atoms with Gasteiger partial charge in [0, 0.05) is 11.3 Å². The van der Waals surface area contributed by atoms with Crippen molar-refractivity contribution in [2.75, 3.05) is 0 Å². The quantitative estimate of drug-likeness (QED) is 0.755. The molecule has 7 heteroatoms. The van der Waals surface area contributed by atoms with Crippen LogP contribution in [0.3, 0.4) is 0 Å². The largest absolute Gasteiger partial charge is 0.334 e. The highest BCUT2D eigenvalue weighted by Crippen LogP contribution is 2.34. The van der Waals surface area contributed by atoms with E-state index in [1.54, 1.807) is 19.1 Å². The molecule has 3 aromatic rings. The number of aromatic nitrogens is 2. The predicted octanol–water partition coefficient (Wildman–Crippen LogP) is 3.66. The fraction of sp³-hybridized carbons (Fsp3) is 0.105. The number of benzene rings is 2. The van der Waals surface area contributed by atoms with Gasteiger partial charge < -0.3 is 15.2 Å². The molecule has 2 amide bonds. The Morgan fingerprint density at radius 2 is 1.92 bits per heavy atom. The molecular formula is C19H15FN4O2. The number of amides is 2. The van der Waals surface area contributed by atoms with Crippen LogP contribution in [0.25, 0.3) is 17.0 Å². The molecule has 0 saturated carbocycles. The Bertz CT molecular complexity index is 998. The van der Waals surface area contributed by atoms with Gasteiger partial charge in [0.25, 0.3) is 5.89 Å². The van der Waals surface area contributed by atoms with Gasteiger partial charge in [0.15, 0.2) is 0 Å². The Labute approximate surface area is 148 Å².